The molecular weight excluding hydrogens is 523 g/mol. The third kappa shape index (κ3) is 8.30. The van der Waals surface area contributed by atoms with Crippen molar-refractivity contribution in [2.75, 3.05) is 14.1 Å². The summed E-state index contributed by atoms with van der Waals surface area (Å²) in [5.74, 6) is 0.822. The SMILES string of the molecule is C=C/C(=C\N(C)C)Cn1bc(-c2cc(OC3CCCCC3)nc(C)n2)c2c(C(F)(F)F)nccc21.FC(F)F. The smallest absolute Gasteiger partial charge is 0.174 e. The minimum absolute atomic E-state index is 0.00924. The zero-order chi connectivity index (χ0) is 28.7. The molecule has 4 rings (SSSR count). The second kappa shape index (κ2) is 13.1. The van der Waals surface area contributed by atoms with E-state index in [1.165, 1.54) is 12.6 Å². The number of aryl methyl sites for hydroxylation is 1. The van der Waals surface area contributed by atoms with Gasteiger partial charge in [0.15, 0.2) is 0 Å². The minimum atomic E-state index is -4.62. The summed E-state index contributed by atoms with van der Waals surface area (Å²) in [5.41, 5.74) is 1.05. The zero-order valence-electron chi connectivity index (χ0n) is 22.0. The molecule has 1 aliphatic rings. The van der Waals surface area contributed by atoms with Crippen LogP contribution in [0.5, 0.6) is 5.88 Å². The number of nitrogens with zero attached hydrogens (tertiary/aromatic N) is 5. The fourth-order valence-electron chi connectivity index (χ4n) is 4.57. The Labute approximate surface area is 223 Å². The first kappa shape index (κ1) is 30.2. The monoisotopic (exact) mass is 553 g/mol. The quantitative estimate of drug-likeness (QED) is 0.241. The van der Waals surface area contributed by atoms with Gasteiger partial charge >= 0.3 is 210 Å². The molecule has 1 saturated carbocycles. The van der Waals surface area contributed by atoms with Crippen LogP contribution in [-0.4, -0.2) is 58.3 Å². The van der Waals surface area contributed by atoms with Gasteiger partial charge in [-0.2, -0.15) is 13.2 Å². The van der Waals surface area contributed by atoms with Gasteiger partial charge in [0, 0.05) is 0 Å². The number of alkyl halides is 6. The molecule has 0 spiro atoms. The van der Waals surface area contributed by atoms with Crippen molar-refractivity contribution < 1.29 is 31.1 Å². The maximum atomic E-state index is 14.0. The van der Waals surface area contributed by atoms with Gasteiger partial charge < -0.3 is 0 Å². The Morgan fingerprint density at radius 3 is 2.46 bits per heavy atom. The standard InChI is InChI=1S/C25H29BF3N5O.CHF3/c1-5-17(14-33(3)4)15-34-20-11-12-30-24(25(27,28)29)22(20)23(26-34)19-13-21(32-16(2)31-19)35-18-9-7-6-8-10-18;2-1(3)4/h5,11-14,18H,1,6-10,15H2,2-4H3;1H/b17-14+;. The van der Waals surface area contributed by atoms with E-state index in [1.807, 2.05) is 25.2 Å². The average molecular weight is 553 g/mol. The maximum absolute atomic E-state index is 14.0. The van der Waals surface area contributed by atoms with Gasteiger partial charge in [0.05, 0.1) is 0 Å². The molecule has 0 amide bonds. The predicted octanol–water partition coefficient (Wildman–Crippen LogP) is 6.68. The molecule has 6 nitrogen and oxygen atoms in total. The Morgan fingerprint density at radius 2 is 1.87 bits per heavy atom. The molecule has 3 heterocycles. The Balaban J connectivity index is 0.000000983. The molecule has 39 heavy (non-hydrogen) atoms. The van der Waals surface area contributed by atoms with Crippen LogP contribution in [0.15, 0.2) is 42.8 Å². The number of rotatable bonds is 7. The molecule has 0 radical (unpaired) electrons. The number of aromatic nitrogens is 4. The molecule has 0 aliphatic heterocycles. The molecule has 13 heteroatoms. The van der Waals surface area contributed by atoms with Gasteiger partial charge in [-0.3, -0.25) is 0 Å². The maximum Gasteiger partial charge on any atom is 0.379 e. The largest absolute Gasteiger partial charge is 0.379 e. The average Bonchev–Trinajstić information content (AvgIpc) is 3.21. The molecule has 210 valence electrons. The molecule has 0 aromatic carbocycles. The van der Waals surface area contributed by atoms with Crippen LogP contribution in [0.3, 0.4) is 0 Å². The Bertz CT molecular complexity index is 1300. The Morgan fingerprint density at radius 1 is 1.21 bits per heavy atom. The van der Waals surface area contributed by atoms with E-state index in [1.54, 1.807) is 36.7 Å². The molecule has 0 bridgehead atoms. The van der Waals surface area contributed by atoms with Crippen LogP contribution in [0.2, 0.25) is 0 Å². The topological polar surface area (TPSA) is 56.1 Å². The number of halogens is 6. The third-order valence-corrected chi connectivity index (χ3v) is 6.03. The first-order chi connectivity index (χ1) is 18.4. The van der Waals surface area contributed by atoms with E-state index in [0.29, 0.717) is 34.9 Å². The summed E-state index contributed by atoms with van der Waals surface area (Å²) < 4.78 is 79.0. The molecule has 3 aromatic heterocycles. The summed E-state index contributed by atoms with van der Waals surface area (Å²) in [5, 5.41) is 0.00924. The van der Waals surface area contributed by atoms with Crippen molar-refractivity contribution in [3.05, 3.63) is 54.3 Å². The van der Waals surface area contributed by atoms with Gasteiger partial charge in [0.2, 0.25) is 0 Å². The van der Waals surface area contributed by atoms with E-state index in [4.69, 9.17) is 4.74 Å². The molecular formula is C26H30BF6N5O. The Hall–Kier alpha value is -3.38. The van der Waals surface area contributed by atoms with Crippen molar-refractivity contribution in [1.82, 2.24) is 24.3 Å². The fourth-order valence-corrected chi connectivity index (χ4v) is 4.57. The second-order valence-corrected chi connectivity index (χ2v) is 9.36. The summed E-state index contributed by atoms with van der Waals surface area (Å²) in [7, 11) is 5.46. The van der Waals surface area contributed by atoms with Crippen molar-refractivity contribution in [3.8, 4) is 17.0 Å². The van der Waals surface area contributed by atoms with Gasteiger partial charge in [0.25, 0.3) is 0 Å². The summed E-state index contributed by atoms with van der Waals surface area (Å²) >= 11 is 0. The number of hydrogen-bond donors (Lipinski definition) is 0. The predicted molar refractivity (Wildman–Crippen MR) is 138 cm³/mol. The minimum Gasteiger partial charge on any atom is -0.174 e. The van der Waals surface area contributed by atoms with Gasteiger partial charge in [0.1, 0.15) is 0 Å². The van der Waals surface area contributed by atoms with E-state index in [9.17, 15) is 26.3 Å². The van der Waals surface area contributed by atoms with Crippen LogP contribution < -0.4 is 4.74 Å². The second-order valence-electron chi connectivity index (χ2n) is 9.36. The van der Waals surface area contributed by atoms with E-state index in [2.05, 4.69) is 21.5 Å². The van der Waals surface area contributed by atoms with E-state index >= 15 is 0 Å². The number of hydrogen-bond acceptors (Lipinski definition) is 5. The van der Waals surface area contributed by atoms with Crippen molar-refractivity contribution >= 4 is 18.0 Å². The van der Waals surface area contributed by atoms with Crippen molar-refractivity contribution in [1.29, 1.82) is 0 Å². The Kier molecular flexibility index (Phi) is 10.1. The molecule has 0 unspecified atom stereocenters. The van der Waals surface area contributed by atoms with Crippen molar-refractivity contribution in [2.24, 2.45) is 0 Å². The number of ether oxygens (including phenoxy) is 1. The number of pyridine rings is 1. The number of allylic oxidation sites excluding steroid dienone is 2. The van der Waals surface area contributed by atoms with E-state index < -0.39 is 18.5 Å². The van der Waals surface area contributed by atoms with Crippen LogP contribution in [0, 0.1) is 6.92 Å². The normalized spacial score (nSPS) is 14.7. The van der Waals surface area contributed by atoms with Crippen molar-refractivity contribution in [2.45, 2.75) is 64.5 Å². The number of fused-ring (bicyclic) bond motifs is 1. The van der Waals surface area contributed by atoms with Crippen LogP contribution in [0.25, 0.3) is 22.1 Å². The van der Waals surface area contributed by atoms with Gasteiger partial charge in [-0.25, -0.2) is 0 Å². The van der Waals surface area contributed by atoms with Gasteiger partial charge in [-0.1, -0.05) is 0 Å². The molecule has 1 fully saturated rings. The zero-order valence-corrected chi connectivity index (χ0v) is 22.0. The van der Waals surface area contributed by atoms with Gasteiger partial charge in [-0.15, -0.1) is 0 Å². The molecule has 1 aliphatic carbocycles. The summed E-state index contributed by atoms with van der Waals surface area (Å²) in [6.45, 7) is 2.25. The first-order valence-corrected chi connectivity index (χ1v) is 12.4. The molecule has 0 N–H and O–H groups in total. The van der Waals surface area contributed by atoms with Crippen molar-refractivity contribution in [3.63, 3.8) is 0 Å². The van der Waals surface area contributed by atoms with Crippen LogP contribution >= 0.6 is 0 Å². The third-order valence-electron chi connectivity index (χ3n) is 6.03. The summed E-state index contributed by atoms with van der Waals surface area (Å²) in [6, 6.07) is 3.23. The van der Waals surface area contributed by atoms with Gasteiger partial charge in [-0.05, 0) is 0 Å². The van der Waals surface area contributed by atoms with Crippen LogP contribution in [0.4, 0.5) is 26.3 Å². The van der Waals surface area contributed by atoms with Crippen LogP contribution in [-0.2, 0) is 12.7 Å². The van der Waals surface area contributed by atoms with E-state index in [0.717, 1.165) is 31.3 Å². The summed E-state index contributed by atoms with van der Waals surface area (Å²) in [6.07, 6.45) is 5.50. The first-order valence-electron chi connectivity index (χ1n) is 12.4. The fraction of sp³-hybridized carbons (Fsp3) is 0.462. The molecule has 0 atom stereocenters. The summed E-state index contributed by atoms with van der Waals surface area (Å²) in [4.78, 5) is 14.5. The van der Waals surface area contributed by atoms with Crippen LogP contribution in [0.1, 0.15) is 43.6 Å². The van der Waals surface area contributed by atoms with E-state index in [-0.39, 0.29) is 11.5 Å². The molecule has 0 saturated heterocycles. The molecule has 3 aromatic rings.